The molecule has 0 aromatic heterocycles. The monoisotopic (exact) mass is 339 g/mol. The van der Waals surface area contributed by atoms with E-state index in [9.17, 15) is 13.2 Å². The molecule has 7 heteroatoms. The molecule has 1 saturated heterocycles. The fourth-order valence-electron chi connectivity index (χ4n) is 2.64. The third kappa shape index (κ3) is 4.53. The Morgan fingerprint density at radius 3 is 2.57 bits per heavy atom. The lowest BCUT2D eigenvalue weighted by atomic mass is 9.98. The Morgan fingerprint density at radius 1 is 1.30 bits per heavy atom. The van der Waals surface area contributed by atoms with E-state index in [2.05, 4.69) is 5.32 Å². The number of rotatable bonds is 5. The van der Waals surface area contributed by atoms with Gasteiger partial charge in [-0.3, -0.25) is 4.79 Å². The molecule has 23 heavy (non-hydrogen) atoms. The molecule has 1 atom stereocenters. The van der Waals surface area contributed by atoms with E-state index in [1.165, 1.54) is 28.3 Å². The summed E-state index contributed by atoms with van der Waals surface area (Å²) in [7, 11) is -0.431. The first-order valence-corrected chi connectivity index (χ1v) is 9.21. The van der Waals surface area contributed by atoms with Crippen LogP contribution in [0.5, 0.6) is 0 Å². The van der Waals surface area contributed by atoms with Crippen LogP contribution >= 0.6 is 0 Å². The lowest BCUT2D eigenvalue weighted by molar-refractivity contribution is -0.126. The first kappa shape index (κ1) is 17.9. The molecule has 1 aromatic rings. The quantitative estimate of drug-likeness (QED) is 0.874. The zero-order valence-electron chi connectivity index (χ0n) is 13.9. The predicted octanol–water partition coefficient (Wildman–Crippen LogP) is 1.13. The van der Waals surface area contributed by atoms with Crippen molar-refractivity contribution >= 4 is 16.1 Å². The first-order chi connectivity index (χ1) is 10.8. The third-order valence-corrected chi connectivity index (χ3v) is 6.04. The van der Waals surface area contributed by atoms with Crippen molar-refractivity contribution < 1.29 is 13.2 Å². The minimum atomic E-state index is -3.45. The Balaban J connectivity index is 1.93. The molecular formula is C16H25N3O3S. The molecule has 1 aliphatic rings. The lowest BCUT2D eigenvalue weighted by Crippen LogP contribution is -2.48. The number of hydrogen-bond donors (Lipinski definition) is 1. The summed E-state index contributed by atoms with van der Waals surface area (Å²) in [5.74, 6) is -0.367. The zero-order valence-corrected chi connectivity index (χ0v) is 14.8. The van der Waals surface area contributed by atoms with Gasteiger partial charge in [0.25, 0.3) is 10.2 Å². The van der Waals surface area contributed by atoms with Crippen LogP contribution in [-0.2, 0) is 21.5 Å². The number of carbonyl (C=O) groups excluding carboxylic acids is 1. The van der Waals surface area contributed by atoms with Crippen LogP contribution in [0.4, 0.5) is 0 Å². The minimum absolute atomic E-state index is 0.0794. The van der Waals surface area contributed by atoms with Crippen molar-refractivity contribution in [1.29, 1.82) is 0 Å². The van der Waals surface area contributed by atoms with Gasteiger partial charge in [0.2, 0.25) is 5.91 Å². The summed E-state index contributed by atoms with van der Waals surface area (Å²) in [5.41, 5.74) is 2.22. The number of nitrogens with zero attached hydrogens (tertiary/aromatic N) is 2. The SMILES string of the molecule is Cc1ccc(CNC(=O)C2CCCN(S(=O)(=O)N(C)C)C2)cc1. The Kier molecular flexibility index (Phi) is 5.78. The fraction of sp³-hybridized carbons (Fsp3) is 0.562. The van der Waals surface area contributed by atoms with E-state index in [-0.39, 0.29) is 18.4 Å². The number of nitrogens with one attached hydrogen (secondary N) is 1. The average molecular weight is 339 g/mol. The number of piperidine rings is 1. The highest BCUT2D eigenvalue weighted by Crippen LogP contribution is 2.20. The van der Waals surface area contributed by atoms with Crippen LogP contribution in [0.25, 0.3) is 0 Å². The largest absolute Gasteiger partial charge is 0.352 e. The second-order valence-electron chi connectivity index (χ2n) is 6.19. The van der Waals surface area contributed by atoms with Crippen LogP contribution in [0.15, 0.2) is 24.3 Å². The molecule has 1 heterocycles. The maximum atomic E-state index is 12.3. The number of aryl methyl sites for hydroxylation is 1. The van der Waals surface area contributed by atoms with E-state index in [0.717, 1.165) is 12.0 Å². The third-order valence-electron chi connectivity index (χ3n) is 4.13. The van der Waals surface area contributed by atoms with Crippen molar-refractivity contribution in [3.63, 3.8) is 0 Å². The predicted molar refractivity (Wildman–Crippen MR) is 89.9 cm³/mol. The second kappa shape index (κ2) is 7.42. The molecule has 0 saturated carbocycles. The van der Waals surface area contributed by atoms with Crippen LogP contribution in [0, 0.1) is 12.8 Å². The van der Waals surface area contributed by atoms with Crippen molar-refractivity contribution in [2.45, 2.75) is 26.3 Å². The Bertz CT molecular complexity index is 641. The van der Waals surface area contributed by atoms with Gasteiger partial charge in [-0.25, -0.2) is 0 Å². The highest BCUT2D eigenvalue weighted by Gasteiger charge is 2.33. The topological polar surface area (TPSA) is 69.7 Å². The molecule has 1 fully saturated rings. The Morgan fingerprint density at radius 2 is 1.96 bits per heavy atom. The molecule has 1 unspecified atom stereocenters. The van der Waals surface area contributed by atoms with Gasteiger partial charge in [-0.1, -0.05) is 29.8 Å². The van der Waals surface area contributed by atoms with Gasteiger partial charge in [-0.15, -0.1) is 0 Å². The summed E-state index contributed by atoms with van der Waals surface area (Å²) in [6.07, 6.45) is 1.43. The van der Waals surface area contributed by atoms with Crippen LogP contribution in [-0.4, -0.2) is 50.1 Å². The van der Waals surface area contributed by atoms with Crippen molar-refractivity contribution in [2.24, 2.45) is 5.92 Å². The number of carbonyl (C=O) groups is 1. The van der Waals surface area contributed by atoms with Gasteiger partial charge in [0.1, 0.15) is 0 Å². The molecular weight excluding hydrogens is 314 g/mol. The molecule has 1 aliphatic heterocycles. The summed E-state index contributed by atoms with van der Waals surface area (Å²) >= 11 is 0. The number of amides is 1. The van der Waals surface area contributed by atoms with Crippen molar-refractivity contribution in [1.82, 2.24) is 13.9 Å². The summed E-state index contributed by atoms with van der Waals surface area (Å²) in [5, 5.41) is 2.92. The summed E-state index contributed by atoms with van der Waals surface area (Å²) in [6.45, 7) is 3.21. The summed E-state index contributed by atoms with van der Waals surface area (Å²) < 4.78 is 27.0. The van der Waals surface area contributed by atoms with Crippen LogP contribution in [0.1, 0.15) is 24.0 Å². The van der Waals surface area contributed by atoms with Crippen molar-refractivity contribution in [3.8, 4) is 0 Å². The van der Waals surface area contributed by atoms with Gasteiger partial charge in [0, 0.05) is 33.7 Å². The van der Waals surface area contributed by atoms with E-state index in [1.807, 2.05) is 31.2 Å². The van der Waals surface area contributed by atoms with Crippen molar-refractivity contribution in [3.05, 3.63) is 35.4 Å². The van der Waals surface area contributed by atoms with E-state index < -0.39 is 10.2 Å². The molecule has 0 spiro atoms. The van der Waals surface area contributed by atoms with E-state index in [0.29, 0.717) is 19.5 Å². The van der Waals surface area contributed by atoms with Crippen molar-refractivity contribution in [2.75, 3.05) is 27.2 Å². The molecule has 0 bridgehead atoms. The molecule has 1 amide bonds. The fourth-order valence-corrected chi connectivity index (χ4v) is 3.83. The Labute approximate surface area is 138 Å². The summed E-state index contributed by atoms with van der Waals surface area (Å²) in [4.78, 5) is 12.3. The normalized spacial score (nSPS) is 19.7. The maximum Gasteiger partial charge on any atom is 0.281 e. The van der Waals surface area contributed by atoms with Crippen LogP contribution < -0.4 is 5.32 Å². The van der Waals surface area contributed by atoms with Crippen LogP contribution in [0.3, 0.4) is 0 Å². The smallest absolute Gasteiger partial charge is 0.281 e. The first-order valence-electron chi connectivity index (χ1n) is 7.81. The van der Waals surface area contributed by atoms with Gasteiger partial charge >= 0.3 is 0 Å². The van der Waals surface area contributed by atoms with Gasteiger partial charge in [0.05, 0.1) is 5.92 Å². The molecule has 2 rings (SSSR count). The van der Waals surface area contributed by atoms with E-state index in [1.54, 1.807) is 0 Å². The van der Waals surface area contributed by atoms with Gasteiger partial charge in [-0.05, 0) is 25.3 Å². The molecule has 128 valence electrons. The molecule has 1 N–H and O–H groups in total. The number of hydrogen-bond acceptors (Lipinski definition) is 3. The molecule has 1 aromatic carbocycles. The molecule has 0 radical (unpaired) electrons. The standard InChI is InChI=1S/C16H25N3O3S/c1-13-6-8-14(9-7-13)11-17-16(20)15-5-4-10-19(12-15)23(21,22)18(2)3/h6-9,15H,4-5,10-12H2,1-3H3,(H,17,20). The number of benzene rings is 1. The van der Waals surface area contributed by atoms with Crippen LogP contribution in [0.2, 0.25) is 0 Å². The highest BCUT2D eigenvalue weighted by atomic mass is 32.2. The molecule has 6 nitrogen and oxygen atoms in total. The minimum Gasteiger partial charge on any atom is -0.352 e. The highest BCUT2D eigenvalue weighted by molar-refractivity contribution is 7.86. The van der Waals surface area contributed by atoms with E-state index >= 15 is 0 Å². The lowest BCUT2D eigenvalue weighted by Gasteiger charge is -2.32. The zero-order chi connectivity index (χ0) is 17.0. The maximum absolute atomic E-state index is 12.3. The summed E-state index contributed by atoms with van der Waals surface area (Å²) in [6, 6.07) is 7.99. The van der Waals surface area contributed by atoms with E-state index in [4.69, 9.17) is 0 Å². The Hall–Kier alpha value is -1.44. The van der Waals surface area contributed by atoms with Gasteiger partial charge < -0.3 is 5.32 Å². The van der Waals surface area contributed by atoms with Gasteiger partial charge in [-0.2, -0.15) is 17.0 Å². The van der Waals surface area contributed by atoms with Gasteiger partial charge in [0.15, 0.2) is 0 Å². The molecule has 0 aliphatic carbocycles. The average Bonchev–Trinajstić information content (AvgIpc) is 2.54. The second-order valence-corrected chi connectivity index (χ2v) is 8.33.